The molecule has 1 N–H and O–H groups in total. The highest BCUT2D eigenvalue weighted by atomic mass is 32.2. The van der Waals surface area contributed by atoms with Gasteiger partial charge in [0.2, 0.25) is 0 Å². The van der Waals surface area contributed by atoms with Gasteiger partial charge in [0.1, 0.15) is 11.5 Å². The Morgan fingerprint density at radius 1 is 0.806 bits per heavy atom. The van der Waals surface area contributed by atoms with Gasteiger partial charge in [0.05, 0.1) is 12.0 Å². The van der Waals surface area contributed by atoms with Gasteiger partial charge in [-0.3, -0.25) is 0 Å². The van der Waals surface area contributed by atoms with E-state index in [0.29, 0.717) is 11.2 Å². The molecule has 0 heterocycles. The van der Waals surface area contributed by atoms with Crippen LogP contribution in [0.3, 0.4) is 0 Å². The topological polar surface area (TPSA) is 29.5 Å². The molecule has 1 saturated carbocycles. The van der Waals surface area contributed by atoms with Crippen LogP contribution in [-0.2, 0) is 5.41 Å². The van der Waals surface area contributed by atoms with Gasteiger partial charge in [-0.2, -0.15) is 0 Å². The summed E-state index contributed by atoms with van der Waals surface area (Å²) >= 11 is 1.71. The zero-order valence-corrected chi connectivity index (χ0v) is 22.3. The summed E-state index contributed by atoms with van der Waals surface area (Å²) < 4.78 is 5.79. The molecule has 2 aliphatic carbocycles. The van der Waals surface area contributed by atoms with Gasteiger partial charge < -0.3 is 9.84 Å². The van der Waals surface area contributed by atoms with E-state index in [2.05, 4.69) is 74.5 Å². The molecule has 184 valence electrons. The molecule has 3 heteroatoms. The molecule has 2 aliphatic rings. The fraction of sp³-hybridized carbons (Fsp3) is 0.333. The van der Waals surface area contributed by atoms with E-state index < -0.39 is 0 Å². The summed E-state index contributed by atoms with van der Waals surface area (Å²) in [5.41, 5.74) is 5.83. The zero-order valence-electron chi connectivity index (χ0n) is 21.4. The maximum Gasteiger partial charge on any atom is 0.133 e. The Bertz CT molecular complexity index is 1430. The van der Waals surface area contributed by atoms with Crippen LogP contribution in [0.4, 0.5) is 0 Å². The normalized spacial score (nSPS) is 17.2. The third-order valence-corrected chi connectivity index (χ3v) is 10.3. The van der Waals surface area contributed by atoms with Crippen LogP contribution >= 0.6 is 11.8 Å². The summed E-state index contributed by atoms with van der Waals surface area (Å²) in [6.45, 7) is 4.72. The molecule has 0 saturated heterocycles. The van der Waals surface area contributed by atoms with Crippen LogP contribution in [0.15, 0.2) is 82.6 Å². The fourth-order valence-electron chi connectivity index (χ4n) is 6.90. The molecule has 0 bridgehead atoms. The average molecular weight is 495 g/mol. The molecular formula is C33H34O2S. The van der Waals surface area contributed by atoms with Crippen molar-refractivity contribution in [1.29, 1.82) is 0 Å². The summed E-state index contributed by atoms with van der Waals surface area (Å²) in [5, 5.41) is 13.3. The van der Waals surface area contributed by atoms with Crippen molar-refractivity contribution in [1.82, 2.24) is 0 Å². The van der Waals surface area contributed by atoms with E-state index in [4.69, 9.17) is 4.74 Å². The lowest BCUT2D eigenvalue weighted by molar-refractivity contribution is 0.133. The van der Waals surface area contributed by atoms with Crippen LogP contribution in [0.1, 0.15) is 63.5 Å². The lowest BCUT2D eigenvalue weighted by Crippen LogP contribution is -2.36. The summed E-state index contributed by atoms with van der Waals surface area (Å²) in [6.07, 6.45) is 7.26. The molecule has 0 unspecified atom stereocenters. The van der Waals surface area contributed by atoms with Gasteiger partial charge in [0.15, 0.2) is 0 Å². The molecule has 0 aromatic heterocycles. The number of hydrogen-bond acceptors (Lipinski definition) is 3. The number of rotatable bonds is 5. The first-order valence-electron chi connectivity index (χ1n) is 13.2. The lowest BCUT2D eigenvalue weighted by Gasteiger charge is -2.45. The molecule has 36 heavy (non-hydrogen) atoms. The van der Waals surface area contributed by atoms with E-state index in [0.717, 1.165) is 34.3 Å². The van der Waals surface area contributed by atoms with E-state index in [9.17, 15) is 5.11 Å². The smallest absolute Gasteiger partial charge is 0.133 e. The van der Waals surface area contributed by atoms with E-state index in [-0.39, 0.29) is 5.41 Å². The Kier molecular flexibility index (Phi) is 5.80. The fourth-order valence-corrected chi connectivity index (χ4v) is 7.87. The van der Waals surface area contributed by atoms with Crippen molar-refractivity contribution in [3.63, 3.8) is 0 Å². The highest BCUT2D eigenvalue weighted by molar-refractivity contribution is 7.99. The number of aromatic hydroxyl groups is 1. The highest BCUT2D eigenvalue weighted by Crippen LogP contribution is 2.62. The number of hydrogen-bond donors (Lipinski definition) is 1. The van der Waals surface area contributed by atoms with Crippen molar-refractivity contribution >= 4 is 22.5 Å². The third kappa shape index (κ3) is 3.47. The lowest BCUT2D eigenvalue weighted by atomic mass is 9.58. The van der Waals surface area contributed by atoms with Crippen molar-refractivity contribution < 1.29 is 9.84 Å². The minimum atomic E-state index is -0.0158. The third-order valence-electron chi connectivity index (χ3n) is 9.26. The molecule has 1 fully saturated rings. The standard InChI is InChI=1S/C33H34O2S/c1-4-32(5-2)15-17-33(18-16-32)26-14-10-9-13-23(26)31-25-20-30(36-22-11-7-6-8-12-22)29(35-3)19-24(25)28(34)21-27(31)33/h6-14,19-21,34H,4-5,15-18H2,1-3H3. The number of methoxy groups -OCH3 is 1. The molecule has 1 spiro atoms. The molecule has 0 amide bonds. The highest BCUT2D eigenvalue weighted by Gasteiger charge is 2.49. The Balaban J connectivity index is 1.57. The second-order valence-electron chi connectivity index (χ2n) is 10.6. The molecule has 2 nitrogen and oxygen atoms in total. The average Bonchev–Trinajstić information content (AvgIpc) is 3.19. The second-order valence-corrected chi connectivity index (χ2v) is 11.7. The number of fused-ring (bicyclic) bond motifs is 7. The molecule has 6 rings (SSSR count). The summed E-state index contributed by atoms with van der Waals surface area (Å²) in [5.74, 6) is 1.15. The van der Waals surface area contributed by atoms with Crippen molar-refractivity contribution in [2.24, 2.45) is 5.41 Å². The van der Waals surface area contributed by atoms with Crippen LogP contribution in [0.25, 0.3) is 21.9 Å². The number of phenolic OH excluding ortho intramolecular Hbond substituents is 1. The van der Waals surface area contributed by atoms with Crippen molar-refractivity contribution in [3.05, 3.63) is 83.9 Å². The van der Waals surface area contributed by atoms with E-state index in [1.807, 2.05) is 12.1 Å². The van der Waals surface area contributed by atoms with Crippen LogP contribution in [0, 0.1) is 5.41 Å². The Hall–Kier alpha value is -2.91. The van der Waals surface area contributed by atoms with Crippen molar-refractivity contribution in [3.8, 4) is 22.6 Å². The maximum atomic E-state index is 11.4. The summed E-state index contributed by atoms with van der Waals surface area (Å²) in [7, 11) is 1.71. The van der Waals surface area contributed by atoms with Crippen LogP contribution in [0.5, 0.6) is 11.5 Å². The monoisotopic (exact) mass is 494 g/mol. The van der Waals surface area contributed by atoms with E-state index in [1.54, 1.807) is 18.9 Å². The molecule has 0 atom stereocenters. The molecule has 4 aromatic carbocycles. The molecule has 0 radical (unpaired) electrons. The van der Waals surface area contributed by atoms with E-state index >= 15 is 0 Å². The zero-order chi connectivity index (χ0) is 24.9. The second kappa shape index (κ2) is 8.88. The molecular weight excluding hydrogens is 460 g/mol. The Morgan fingerprint density at radius 3 is 2.19 bits per heavy atom. The first-order valence-corrected chi connectivity index (χ1v) is 14.1. The SMILES string of the molecule is CCC1(CC)CCC2(CC1)c1ccccc1-c1c2cc(O)c2cc(OC)c(Sc3ccccc3)cc12. The summed E-state index contributed by atoms with van der Waals surface area (Å²) in [4.78, 5) is 2.24. The number of phenols is 1. The predicted octanol–water partition coefficient (Wildman–Crippen LogP) is 9.35. The molecule has 0 aliphatic heterocycles. The summed E-state index contributed by atoms with van der Waals surface area (Å²) in [6, 6.07) is 25.7. The van der Waals surface area contributed by atoms with Gasteiger partial charge in [0, 0.05) is 15.7 Å². The van der Waals surface area contributed by atoms with Crippen LogP contribution in [0.2, 0.25) is 0 Å². The quantitative estimate of drug-likeness (QED) is 0.300. The van der Waals surface area contributed by atoms with Crippen LogP contribution in [-0.4, -0.2) is 12.2 Å². The van der Waals surface area contributed by atoms with Gasteiger partial charge in [-0.15, -0.1) is 0 Å². The van der Waals surface area contributed by atoms with Gasteiger partial charge in [-0.1, -0.05) is 80.9 Å². The number of ether oxygens (including phenoxy) is 1. The first kappa shape index (κ1) is 23.5. The number of benzene rings is 4. The van der Waals surface area contributed by atoms with Crippen molar-refractivity contribution in [2.45, 2.75) is 67.6 Å². The molecule has 4 aromatic rings. The maximum absolute atomic E-state index is 11.4. The van der Waals surface area contributed by atoms with Gasteiger partial charge in [-0.05, 0) is 89.1 Å². The first-order chi connectivity index (χ1) is 17.5. The minimum Gasteiger partial charge on any atom is -0.507 e. The van der Waals surface area contributed by atoms with Gasteiger partial charge in [0.25, 0.3) is 0 Å². The van der Waals surface area contributed by atoms with Gasteiger partial charge in [-0.25, -0.2) is 0 Å². The Labute approximate surface area is 218 Å². The largest absolute Gasteiger partial charge is 0.507 e. The Morgan fingerprint density at radius 2 is 1.50 bits per heavy atom. The predicted molar refractivity (Wildman–Crippen MR) is 150 cm³/mol. The minimum absolute atomic E-state index is 0.0158. The van der Waals surface area contributed by atoms with E-state index in [1.165, 1.54) is 52.8 Å². The van der Waals surface area contributed by atoms with Crippen molar-refractivity contribution in [2.75, 3.05) is 7.11 Å². The van der Waals surface area contributed by atoms with Gasteiger partial charge >= 0.3 is 0 Å². The van der Waals surface area contributed by atoms with Crippen LogP contribution < -0.4 is 4.74 Å².